The molecule has 3 rings (SSSR count). The second-order valence-electron chi connectivity index (χ2n) is 5.82. The molecule has 0 saturated heterocycles. The van der Waals surface area contributed by atoms with Crippen molar-refractivity contribution in [2.24, 2.45) is 11.7 Å². The molecule has 2 aromatic heterocycles. The molecule has 0 aliphatic heterocycles. The Bertz CT molecular complexity index is 639. The Labute approximate surface area is 139 Å². The lowest BCUT2D eigenvalue weighted by Crippen LogP contribution is -2.45. The van der Waals surface area contributed by atoms with Crippen LogP contribution in [0.2, 0.25) is 0 Å². The molecular weight excluding hydrogens is 310 g/mol. The van der Waals surface area contributed by atoms with Crippen LogP contribution < -0.4 is 11.1 Å². The van der Waals surface area contributed by atoms with Gasteiger partial charge in [0.25, 0.3) is 5.91 Å². The Hall–Kier alpha value is -1.86. The van der Waals surface area contributed by atoms with Crippen molar-refractivity contribution in [2.75, 3.05) is 6.54 Å². The fraction of sp³-hybridized carbons (Fsp3) is 0.500. The van der Waals surface area contributed by atoms with E-state index in [1.54, 1.807) is 24.7 Å². The molecule has 1 unspecified atom stereocenters. The third kappa shape index (κ3) is 3.92. The minimum atomic E-state index is -0.106. The lowest BCUT2D eigenvalue weighted by atomic mass is 9.84. The van der Waals surface area contributed by atoms with Crippen LogP contribution in [0.3, 0.4) is 0 Å². The Morgan fingerprint density at radius 1 is 1.26 bits per heavy atom. The summed E-state index contributed by atoms with van der Waals surface area (Å²) >= 11 is 1.30. The van der Waals surface area contributed by atoms with Crippen molar-refractivity contribution >= 4 is 17.2 Å². The van der Waals surface area contributed by atoms with Gasteiger partial charge in [-0.1, -0.05) is 19.3 Å². The lowest BCUT2D eigenvalue weighted by molar-refractivity contribution is 0.0919. The number of hydrogen-bond acceptors (Lipinski definition) is 6. The highest BCUT2D eigenvalue weighted by molar-refractivity contribution is 7.16. The zero-order valence-corrected chi connectivity index (χ0v) is 13.8. The third-order valence-electron chi connectivity index (χ3n) is 4.28. The molecule has 6 nitrogen and oxygen atoms in total. The SMILES string of the molecule is NCC(NC(=O)c1cnc(-c2ncccn2)s1)C1CCCCC1. The fourth-order valence-corrected chi connectivity index (χ4v) is 3.80. The van der Waals surface area contributed by atoms with Gasteiger partial charge in [-0.25, -0.2) is 15.0 Å². The number of nitrogens with two attached hydrogens (primary N) is 1. The van der Waals surface area contributed by atoms with E-state index >= 15 is 0 Å². The molecule has 122 valence electrons. The molecule has 1 amide bonds. The third-order valence-corrected chi connectivity index (χ3v) is 5.27. The van der Waals surface area contributed by atoms with Crippen LogP contribution in [0.1, 0.15) is 41.8 Å². The Morgan fingerprint density at radius 2 is 2.00 bits per heavy atom. The summed E-state index contributed by atoms with van der Waals surface area (Å²) in [5, 5.41) is 3.73. The van der Waals surface area contributed by atoms with Gasteiger partial charge in [0.2, 0.25) is 0 Å². The summed E-state index contributed by atoms with van der Waals surface area (Å²) in [5.74, 6) is 0.924. The van der Waals surface area contributed by atoms with Crippen LogP contribution in [-0.4, -0.2) is 33.4 Å². The van der Waals surface area contributed by atoms with E-state index in [9.17, 15) is 4.79 Å². The fourth-order valence-electron chi connectivity index (χ4n) is 3.04. The number of aromatic nitrogens is 3. The first-order chi connectivity index (χ1) is 11.3. The molecule has 1 aliphatic carbocycles. The summed E-state index contributed by atoms with van der Waals surface area (Å²) in [6.07, 6.45) is 11.0. The molecule has 1 atom stereocenters. The van der Waals surface area contributed by atoms with Gasteiger partial charge in [0, 0.05) is 25.0 Å². The lowest BCUT2D eigenvalue weighted by Gasteiger charge is -2.29. The summed E-state index contributed by atoms with van der Waals surface area (Å²) in [7, 11) is 0. The van der Waals surface area contributed by atoms with Crippen LogP contribution >= 0.6 is 11.3 Å². The van der Waals surface area contributed by atoms with E-state index in [1.807, 2.05) is 0 Å². The largest absolute Gasteiger partial charge is 0.347 e. The number of nitrogens with zero attached hydrogens (tertiary/aromatic N) is 3. The minimum Gasteiger partial charge on any atom is -0.347 e. The van der Waals surface area contributed by atoms with Crippen LogP contribution in [-0.2, 0) is 0 Å². The van der Waals surface area contributed by atoms with Crippen molar-refractivity contribution in [1.82, 2.24) is 20.3 Å². The number of amides is 1. The van der Waals surface area contributed by atoms with Crippen LogP contribution in [0, 0.1) is 5.92 Å². The molecule has 0 radical (unpaired) electrons. The summed E-state index contributed by atoms with van der Waals surface area (Å²) < 4.78 is 0. The molecule has 1 saturated carbocycles. The number of thiazole rings is 1. The van der Waals surface area contributed by atoms with Crippen molar-refractivity contribution < 1.29 is 4.79 Å². The molecule has 2 aromatic rings. The quantitative estimate of drug-likeness (QED) is 0.876. The van der Waals surface area contributed by atoms with Crippen molar-refractivity contribution in [1.29, 1.82) is 0 Å². The second kappa shape index (κ2) is 7.61. The van der Waals surface area contributed by atoms with Crippen molar-refractivity contribution in [2.45, 2.75) is 38.1 Å². The second-order valence-corrected chi connectivity index (χ2v) is 6.85. The molecule has 2 heterocycles. The number of nitrogens with one attached hydrogen (secondary N) is 1. The monoisotopic (exact) mass is 331 g/mol. The number of hydrogen-bond donors (Lipinski definition) is 2. The smallest absolute Gasteiger partial charge is 0.263 e. The predicted octanol–water partition coefficient (Wildman–Crippen LogP) is 2.24. The van der Waals surface area contributed by atoms with Gasteiger partial charge in [0.05, 0.1) is 6.20 Å². The highest BCUT2D eigenvalue weighted by atomic mass is 32.1. The van der Waals surface area contributed by atoms with Gasteiger partial charge in [0.1, 0.15) is 4.88 Å². The van der Waals surface area contributed by atoms with Crippen LogP contribution in [0.4, 0.5) is 0 Å². The van der Waals surface area contributed by atoms with Crippen LogP contribution in [0.15, 0.2) is 24.7 Å². The number of carbonyl (C=O) groups excluding carboxylic acids is 1. The van der Waals surface area contributed by atoms with E-state index in [0.29, 0.717) is 28.2 Å². The number of rotatable bonds is 5. The topological polar surface area (TPSA) is 93.8 Å². The summed E-state index contributed by atoms with van der Waals surface area (Å²) in [5.41, 5.74) is 5.88. The summed E-state index contributed by atoms with van der Waals surface area (Å²) in [6, 6.07) is 1.79. The van der Waals surface area contributed by atoms with E-state index in [2.05, 4.69) is 20.3 Å². The number of carbonyl (C=O) groups is 1. The summed E-state index contributed by atoms with van der Waals surface area (Å²) in [6.45, 7) is 0.476. The van der Waals surface area contributed by atoms with Crippen LogP contribution in [0.5, 0.6) is 0 Å². The average Bonchev–Trinajstić information content (AvgIpc) is 3.11. The van der Waals surface area contributed by atoms with Gasteiger partial charge in [-0.05, 0) is 24.8 Å². The molecule has 1 fully saturated rings. The first-order valence-corrected chi connectivity index (χ1v) is 8.83. The highest BCUT2D eigenvalue weighted by Crippen LogP contribution is 2.27. The summed E-state index contributed by atoms with van der Waals surface area (Å²) in [4.78, 5) is 25.6. The van der Waals surface area contributed by atoms with E-state index in [4.69, 9.17) is 5.73 Å². The minimum absolute atomic E-state index is 0.0429. The van der Waals surface area contributed by atoms with E-state index in [0.717, 1.165) is 12.8 Å². The van der Waals surface area contributed by atoms with E-state index < -0.39 is 0 Å². The predicted molar refractivity (Wildman–Crippen MR) is 90.0 cm³/mol. The zero-order chi connectivity index (χ0) is 16.1. The van der Waals surface area contributed by atoms with E-state index in [-0.39, 0.29) is 11.9 Å². The molecule has 7 heteroatoms. The van der Waals surface area contributed by atoms with Gasteiger partial charge in [0.15, 0.2) is 10.8 Å². The molecule has 0 aromatic carbocycles. The zero-order valence-electron chi connectivity index (χ0n) is 12.9. The van der Waals surface area contributed by atoms with Gasteiger partial charge < -0.3 is 11.1 Å². The molecule has 0 spiro atoms. The molecule has 0 bridgehead atoms. The van der Waals surface area contributed by atoms with Crippen molar-refractivity contribution in [3.05, 3.63) is 29.5 Å². The van der Waals surface area contributed by atoms with Crippen LogP contribution in [0.25, 0.3) is 10.8 Å². The first kappa shape index (κ1) is 16.0. The maximum atomic E-state index is 12.5. The van der Waals surface area contributed by atoms with E-state index in [1.165, 1.54) is 30.6 Å². The molecule has 1 aliphatic rings. The maximum absolute atomic E-state index is 12.5. The molecule has 3 N–H and O–H groups in total. The first-order valence-electron chi connectivity index (χ1n) is 8.02. The van der Waals surface area contributed by atoms with Gasteiger partial charge in [-0.2, -0.15) is 0 Å². The van der Waals surface area contributed by atoms with Gasteiger partial charge >= 0.3 is 0 Å². The Kier molecular flexibility index (Phi) is 5.30. The Morgan fingerprint density at radius 3 is 2.70 bits per heavy atom. The normalized spacial score (nSPS) is 16.9. The standard InChI is InChI=1S/C16H21N5OS/c17-9-12(11-5-2-1-3-6-11)21-15(22)13-10-20-16(23-13)14-18-7-4-8-19-14/h4,7-8,10-12H,1-3,5-6,9,17H2,(H,21,22). The maximum Gasteiger partial charge on any atom is 0.263 e. The molecular formula is C16H21N5OS. The average molecular weight is 331 g/mol. The van der Waals surface area contributed by atoms with Crippen molar-refractivity contribution in [3.63, 3.8) is 0 Å². The highest BCUT2D eigenvalue weighted by Gasteiger charge is 2.25. The molecule has 23 heavy (non-hydrogen) atoms. The van der Waals surface area contributed by atoms with Gasteiger partial charge in [-0.15, -0.1) is 11.3 Å². The van der Waals surface area contributed by atoms with Crippen molar-refractivity contribution in [3.8, 4) is 10.8 Å². The van der Waals surface area contributed by atoms with Gasteiger partial charge in [-0.3, -0.25) is 4.79 Å². The Balaban J connectivity index is 1.67.